The molecule has 0 amide bonds. The summed E-state index contributed by atoms with van der Waals surface area (Å²) in [5.41, 5.74) is 1.25. The highest BCUT2D eigenvalue weighted by molar-refractivity contribution is 7.15. The van der Waals surface area contributed by atoms with Crippen LogP contribution in [0.25, 0.3) is 10.8 Å². The minimum Gasteiger partial charge on any atom is -0.333 e. The Hall–Kier alpha value is -2.45. The predicted octanol–water partition coefficient (Wildman–Crippen LogP) is 3.45. The van der Waals surface area contributed by atoms with E-state index in [2.05, 4.69) is 28.3 Å². The van der Waals surface area contributed by atoms with E-state index >= 15 is 0 Å². The molecule has 3 rings (SSSR count). The predicted molar refractivity (Wildman–Crippen MR) is 76.2 cm³/mol. The lowest BCUT2D eigenvalue weighted by Gasteiger charge is -1.96. The third-order valence-corrected chi connectivity index (χ3v) is 3.85. The Balaban J connectivity index is 1.69. The number of rotatable bonds is 4. The Labute approximate surface area is 120 Å². The molecule has 1 aromatic carbocycles. The average molecular weight is 281 g/mol. The van der Waals surface area contributed by atoms with Crippen LogP contribution >= 0.6 is 11.3 Å². The zero-order chi connectivity index (χ0) is 13.8. The van der Waals surface area contributed by atoms with Crippen LogP contribution in [0.15, 0.2) is 47.0 Å². The molecule has 5 heteroatoms. The number of benzene rings is 1. The van der Waals surface area contributed by atoms with Crippen molar-refractivity contribution < 1.29 is 4.52 Å². The first-order valence-electron chi connectivity index (χ1n) is 6.22. The third kappa shape index (κ3) is 2.76. The first-order chi connectivity index (χ1) is 9.85. The fraction of sp³-hybridized carbons (Fsp3) is 0.133. The second-order valence-electron chi connectivity index (χ2n) is 4.28. The fourth-order valence-corrected chi connectivity index (χ4v) is 2.59. The van der Waals surface area contributed by atoms with E-state index in [1.54, 1.807) is 6.07 Å². The van der Waals surface area contributed by atoms with Gasteiger partial charge in [0.1, 0.15) is 10.9 Å². The van der Waals surface area contributed by atoms with E-state index in [0.717, 1.165) is 17.7 Å². The molecule has 0 aliphatic rings. The van der Waals surface area contributed by atoms with Crippen molar-refractivity contribution in [2.24, 2.45) is 0 Å². The highest BCUT2D eigenvalue weighted by atomic mass is 32.1. The molecular weight excluding hydrogens is 270 g/mol. The lowest BCUT2D eigenvalue weighted by Crippen LogP contribution is -1.93. The van der Waals surface area contributed by atoms with Crippen molar-refractivity contribution in [1.29, 1.82) is 5.26 Å². The van der Waals surface area contributed by atoms with E-state index in [1.807, 2.05) is 24.3 Å². The molecule has 0 N–H and O–H groups in total. The topological polar surface area (TPSA) is 62.7 Å². The van der Waals surface area contributed by atoms with Gasteiger partial charge in [-0.1, -0.05) is 35.5 Å². The molecule has 0 saturated carbocycles. The van der Waals surface area contributed by atoms with E-state index in [-0.39, 0.29) is 0 Å². The van der Waals surface area contributed by atoms with Gasteiger partial charge in [0.25, 0.3) is 5.89 Å². The van der Waals surface area contributed by atoms with Crippen LogP contribution in [0.4, 0.5) is 0 Å². The van der Waals surface area contributed by atoms with Gasteiger partial charge in [-0.25, -0.2) is 0 Å². The molecule has 0 bridgehead atoms. The summed E-state index contributed by atoms with van der Waals surface area (Å²) in [6.07, 6.45) is 1.62. The fourth-order valence-electron chi connectivity index (χ4n) is 1.87. The molecule has 2 aromatic heterocycles. The molecule has 0 saturated heterocycles. The smallest absolute Gasteiger partial charge is 0.268 e. The van der Waals surface area contributed by atoms with Crippen molar-refractivity contribution in [2.45, 2.75) is 12.8 Å². The summed E-state index contributed by atoms with van der Waals surface area (Å²) < 4.78 is 5.24. The number of aromatic nitrogens is 2. The van der Waals surface area contributed by atoms with Crippen LogP contribution in [0.1, 0.15) is 16.3 Å². The van der Waals surface area contributed by atoms with E-state index in [4.69, 9.17) is 9.78 Å². The van der Waals surface area contributed by atoms with Gasteiger partial charge in [-0.05, 0) is 24.1 Å². The zero-order valence-corrected chi connectivity index (χ0v) is 11.4. The molecule has 0 spiro atoms. The highest BCUT2D eigenvalue weighted by Gasteiger charge is 2.11. The van der Waals surface area contributed by atoms with Gasteiger partial charge in [0.2, 0.25) is 0 Å². The second kappa shape index (κ2) is 5.68. The summed E-state index contributed by atoms with van der Waals surface area (Å²) in [5.74, 6) is 1.18. The number of nitriles is 1. The maximum absolute atomic E-state index is 8.81. The van der Waals surface area contributed by atoms with E-state index in [1.165, 1.54) is 16.9 Å². The van der Waals surface area contributed by atoms with Gasteiger partial charge in [-0.2, -0.15) is 10.2 Å². The van der Waals surface area contributed by atoms with Crippen molar-refractivity contribution in [3.05, 3.63) is 58.7 Å². The number of hydrogen-bond acceptors (Lipinski definition) is 5. The van der Waals surface area contributed by atoms with E-state index in [0.29, 0.717) is 16.6 Å². The summed E-state index contributed by atoms with van der Waals surface area (Å²) in [6, 6.07) is 15.9. The molecular formula is C15H11N3OS. The normalized spacial score (nSPS) is 10.3. The van der Waals surface area contributed by atoms with Crippen LogP contribution in [-0.4, -0.2) is 10.1 Å². The summed E-state index contributed by atoms with van der Waals surface area (Å²) in [4.78, 5) is 5.84. The van der Waals surface area contributed by atoms with Crippen LogP contribution in [0, 0.1) is 11.3 Å². The lowest BCUT2D eigenvalue weighted by atomic mass is 10.1. The second-order valence-corrected chi connectivity index (χ2v) is 5.36. The molecule has 2 heterocycles. The van der Waals surface area contributed by atoms with E-state index < -0.39 is 0 Å². The monoisotopic (exact) mass is 281 g/mol. The molecule has 0 unspecified atom stereocenters. The zero-order valence-electron chi connectivity index (χ0n) is 10.6. The van der Waals surface area contributed by atoms with Gasteiger partial charge in [-0.15, -0.1) is 11.3 Å². The van der Waals surface area contributed by atoms with Crippen molar-refractivity contribution in [3.63, 3.8) is 0 Å². The summed E-state index contributed by atoms with van der Waals surface area (Å²) in [7, 11) is 0. The van der Waals surface area contributed by atoms with Crippen LogP contribution < -0.4 is 0 Å². The Morgan fingerprint density at radius 3 is 2.70 bits per heavy atom. The first-order valence-corrected chi connectivity index (χ1v) is 7.03. The van der Waals surface area contributed by atoms with Crippen LogP contribution in [-0.2, 0) is 12.8 Å². The molecule has 20 heavy (non-hydrogen) atoms. The molecule has 0 aliphatic heterocycles. The molecule has 0 fully saturated rings. The maximum Gasteiger partial charge on any atom is 0.268 e. The number of aryl methyl sites for hydroxylation is 2. The van der Waals surface area contributed by atoms with Crippen LogP contribution in [0.3, 0.4) is 0 Å². The van der Waals surface area contributed by atoms with Gasteiger partial charge in [0, 0.05) is 6.42 Å². The standard InChI is InChI=1S/C15H11N3OS/c16-10-12-7-8-13(20-12)15-17-14(18-19-15)9-6-11-4-2-1-3-5-11/h1-5,7-8H,6,9H2. The Bertz CT molecular complexity index is 740. The van der Waals surface area contributed by atoms with Gasteiger partial charge in [-0.3, -0.25) is 0 Å². The summed E-state index contributed by atoms with van der Waals surface area (Å²) in [6.45, 7) is 0. The number of hydrogen-bond donors (Lipinski definition) is 0. The highest BCUT2D eigenvalue weighted by Crippen LogP contribution is 2.26. The Morgan fingerprint density at radius 2 is 1.95 bits per heavy atom. The SMILES string of the molecule is N#Cc1ccc(-c2nc(CCc3ccccc3)no2)s1. The Kier molecular flexibility index (Phi) is 3.57. The molecule has 0 atom stereocenters. The van der Waals surface area contributed by atoms with Crippen LogP contribution in [0.5, 0.6) is 0 Å². The maximum atomic E-state index is 8.81. The van der Waals surface area contributed by atoms with Crippen molar-refractivity contribution in [3.8, 4) is 16.8 Å². The van der Waals surface area contributed by atoms with Crippen molar-refractivity contribution >= 4 is 11.3 Å². The van der Waals surface area contributed by atoms with Gasteiger partial charge >= 0.3 is 0 Å². The minimum atomic E-state index is 0.486. The minimum absolute atomic E-state index is 0.486. The van der Waals surface area contributed by atoms with Crippen LogP contribution in [0.2, 0.25) is 0 Å². The quantitative estimate of drug-likeness (QED) is 0.734. The van der Waals surface area contributed by atoms with E-state index in [9.17, 15) is 0 Å². The van der Waals surface area contributed by atoms with Gasteiger partial charge in [0.05, 0.1) is 4.88 Å². The summed E-state index contributed by atoms with van der Waals surface area (Å²) >= 11 is 1.36. The first kappa shape index (κ1) is 12.6. The third-order valence-electron chi connectivity index (χ3n) is 2.88. The van der Waals surface area contributed by atoms with Crippen molar-refractivity contribution in [1.82, 2.24) is 10.1 Å². The molecule has 98 valence electrons. The largest absolute Gasteiger partial charge is 0.333 e. The molecule has 3 aromatic rings. The van der Waals surface area contributed by atoms with Gasteiger partial charge in [0.15, 0.2) is 5.82 Å². The summed E-state index contributed by atoms with van der Waals surface area (Å²) in [5, 5.41) is 12.8. The molecule has 0 aliphatic carbocycles. The van der Waals surface area contributed by atoms with Crippen molar-refractivity contribution in [2.75, 3.05) is 0 Å². The average Bonchev–Trinajstić information content (AvgIpc) is 3.15. The Morgan fingerprint density at radius 1 is 1.10 bits per heavy atom. The lowest BCUT2D eigenvalue weighted by molar-refractivity contribution is 0.423. The number of thiophene rings is 1. The molecule has 0 radical (unpaired) electrons. The van der Waals surface area contributed by atoms with Gasteiger partial charge < -0.3 is 4.52 Å². The molecule has 4 nitrogen and oxygen atoms in total. The number of nitrogens with zero attached hydrogens (tertiary/aromatic N) is 3.